The number of hydrogen-bond acceptors (Lipinski definition) is 5. The van der Waals surface area contributed by atoms with Crippen LogP contribution in [0.5, 0.6) is 11.5 Å². The van der Waals surface area contributed by atoms with Crippen LogP contribution in [0.15, 0.2) is 12.1 Å². The molecule has 0 heterocycles. The van der Waals surface area contributed by atoms with Gasteiger partial charge in [-0.3, -0.25) is 4.79 Å². The highest BCUT2D eigenvalue weighted by Crippen LogP contribution is 2.29. The lowest BCUT2D eigenvalue weighted by Gasteiger charge is -2.15. The van der Waals surface area contributed by atoms with Gasteiger partial charge in [-0.1, -0.05) is 0 Å². The van der Waals surface area contributed by atoms with E-state index in [9.17, 15) is 4.79 Å². The topological polar surface area (TPSA) is 70.8 Å². The average molecular weight is 253 g/mol. The maximum Gasteiger partial charge on any atom is 0.322 e. The number of benzene rings is 1. The lowest BCUT2D eigenvalue weighted by atomic mass is 10.0. The first-order valence-corrected chi connectivity index (χ1v) is 5.58. The maximum atomic E-state index is 11.3. The molecule has 1 aromatic carbocycles. The van der Waals surface area contributed by atoms with Crippen LogP contribution in [0.25, 0.3) is 0 Å². The van der Waals surface area contributed by atoms with Crippen LogP contribution < -0.4 is 15.2 Å². The summed E-state index contributed by atoms with van der Waals surface area (Å²) in [4.78, 5) is 11.3. The van der Waals surface area contributed by atoms with Gasteiger partial charge in [-0.15, -0.1) is 0 Å². The second kappa shape index (κ2) is 6.26. The molecule has 0 spiro atoms. The minimum Gasteiger partial charge on any atom is -0.496 e. The normalized spacial score (nSPS) is 11.8. The third kappa shape index (κ3) is 3.13. The van der Waals surface area contributed by atoms with E-state index in [1.807, 2.05) is 19.1 Å². The van der Waals surface area contributed by atoms with Crippen LogP contribution in [0.3, 0.4) is 0 Å². The summed E-state index contributed by atoms with van der Waals surface area (Å²) in [5.41, 5.74) is 7.52. The number of aryl methyl sites for hydroxylation is 1. The SMILES string of the molecule is COC(=O)C(N)Cc1cc(OC)c(C)cc1OC. The number of methoxy groups -OCH3 is 3. The van der Waals surface area contributed by atoms with Crippen molar-refractivity contribution in [1.29, 1.82) is 0 Å². The molecule has 0 radical (unpaired) electrons. The molecule has 0 fully saturated rings. The van der Waals surface area contributed by atoms with E-state index in [4.69, 9.17) is 15.2 Å². The minimum absolute atomic E-state index is 0.340. The predicted octanol–water partition coefficient (Wildman–Crippen LogP) is 1.06. The quantitative estimate of drug-likeness (QED) is 0.794. The monoisotopic (exact) mass is 253 g/mol. The molecule has 5 nitrogen and oxygen atoms in total. The Balaban J connectivity index is 3.03. The Morgan fingerprint density at radius 3 is 2.33 bits per heavy atom. The zero-order valence-electron chi connectivity index (χ0n) is 11.1. The Kier molecular flexibility index (Phi) is 4.97. The average Bonchev–Trinajstić information content (AvgIpc) is 2.38. The number of hydrogen-bond donors (Lipinski definition) is 1. The number of carbonyl (C=O) groups excluding carboxylic acids is 1. The van der Waals surface area contributed by atoms with Crippen molar-refractivity contribution in [2.45, 2.75) is 19.4 Å². The third-order valence-corrected chi connectivity index (χ3v) is 2.74. The molecule has 1 aromatic rings. The van der Waals surface area contributed by atoms with Crippen LogP contribution in [0.4, 0.5) is 0 Å². The number of nitrogens with two attached hydrogens (primary N) is 1. The highest BCUT2D eigenvalue weighted by atomic mass is 16.5. The van der Waals surface area contributed by atoms with Gasteiger partial charge in [0.15, 0.2) is 0 Å². The van der Waals surface area contributed by atoms with Crippen molar-refractivity contribution in [2.24, 2.45) is 5.73 Å². The van der Waals surface area contributed by atoms with Crippen molar-refractivity contribution in [1.82, 2.24) is 0 Å². The van der Waals surface area contributed by atoms with E-state index in [1.54, 1.807) is 14.2 Å². The van der Waals surface area contributed by atoms with E-state index in [0.717, 1.165) is 16.9 Å². The molecule has 100 valence electrons. The van der Waals surface area contributed by atoms with E-state index < -0.39 is 12.0 Å². The van der Waals surface area contributed by atoms with E-state index in [-0.39, 0.29) is 0 Å². The van der Waals surface area contributed by atoms with Gasteiger partial charge in [0, 0.05) is 6.42 Å². The second-order valence-corrected chi connectivity index (χ2v) is 3.97. The highest BCUT2D eigenvalue weighted by molar-refractivity contribution is 5.76. The summed E-state index contributed by atoms with van der Waals surface area (Å²) >= 11 is 0. The van der Waals surface area contributed by atoms with Crippen LogP contribution in [0.1, 0.15) is 11.1 Å². The van der Waals surface area contributed by atoms with Crippen LogP contribution in [-0.2, 0) is 16.0 Å². The fourth-order valence-electron chi connectivity index (χ4n) is 1.74. The highest BCUT2D eigenvalue weighted by Gasteiger charge is 2.18. The molecule has 0 amide bonds. The zero-order chi connectivity index (χ0) is 13.7. The standard InChI is InChI=1S/C13H19NO4/c1-8-5-12(17-3)9(7-11(8)16-2)6-10(14)13(15)18-4/h5,7,10H,6,14H2,1-4H3. The van der Waals surface area contributed by atoms with E-state index in [2.05, 4.69) is 4.74 Å². The summed E-state index contributed by atoms with van der Waals surface area (Å²) in [6, 6.07) is 2.98. The molecule has 0 aliphatic carbocycles. The predicted molar refractivity (Wildman–Crippen MR) is 68.0 cm³/mol. The van der Waals surface area contributed by atoms with Crippen molar-refractivity contribution in [2.75, 3.05) is 21.3 Å². The number of carbonyl (C=O) groups is 1. The van der Waals surface area contributed by atoms with Gasteiger partial charge >= 0.3 is 5.97 Å². The molecule has 5 heteroatoms. The number of esters is 1. The smallest absolute Gasteiger partial charge is 0.322 e. The molecule has 0 aliphatic rings. The van der Waals surface area contributed by atoms with Gasteiger partial charge in [-0.05, 0) is 30.2 Å². The Hall–Kier alpha value is -1.75. The molecule has 1 unspecified atom stereocenters. The molecule has 0 saturated heterocycles. The van der Waals surface area contributed by atoms with Crippen LogP contribution in [0.2, 0.25) is 0 Å². The molecule has 0 aliphatic heterocycles. The lowest BCUT2D eigenvalue weighted by molar-refractivity contribution is -0.142. The Bertz CT molecular complexity index is 431. The van der Waals surface area contributed by atoms with E-state index in [0.29, 0.717) is 12.2 Å². The van der Waals surface area contributed by atoms with Gasteiger partial charge in [-0.2, -0.15) is 0 Å². The summed E-state index contributed by atoms with van der Waals surface area (Å²) in [7, 11) is 4.49. The summed E-state index contributed by atoms with van der Waals surface area (Å²) < 4.78 is 15.1. The van der Waals surface area contributed by atoms with E-state index >= 15 is 0 Å². The van der Waals surface area contributed by atoms with Crippen LogP contribution >= 0.6 is 0 Å². The van der Waals surface area contributed by atoms with Crippen molar-refractivity contribution in [3.8, 4) is 11.5 Å². The molecular formula is C13H19NO4. The van der Waals surface area contributed by atoms with Gasteiger partial charge in [0.05, 0.1) is 21.3 Å². The molecule has 1 rings (SSSR count). The summed E-state index contributed by atoms with van der Waals surface area (Å²) in [6.07, 6.45) is 0.340. The molecular weight excluding hydrogens is 234 g/mol. The molecule has 0 bridgehead atoms. The zero-order valence-corrected chi connectivity index (χ0v) is 11.1. The Labute approximate surface area is 107 Å². The van der Waals surface area contributed by atoms with Gasteiger partial charge < -0.3 is 19.9 Å². The molecule has 18 heavy (non-hydrogen) atoms. The summed E-state index contributed by atoms with van der Waals surface area (Å²) in [5.74, 6) is 0.979. The second-order valence-electron chi connectivity index (χ2n) is 3.97. The van der Waals surface area contributed by atoms with Gasteiger partial charge in [0.25, 0.3) is 0 Å². The van der Waals surface area contributed by atoms with Crippen molar-refractivity contribution in [3.05, 3.63) is 23.3 Å². The summed E-state index contributed by atoms with van der Waals surface area (Å²) in [6.45, 7) is 1.92. The number of ether oxygens (including phenoxy) is 3. The van der Waals surface area contributed by atoms with Crippen molar-refractivity contribution in [3.63, 3.8) is 0 Å². The van der Waals surface area contributed by atoms with Crippen LogP contribution in [0, 0.1) is 6.92 Å². The fourth-order valence-corrected chi connectivity index (χ4v) is 1.74. The first-order valence-electron chi connectivity index (χ1n) is 5.58. The number of rotatable bonds is 5. The minimum atomic E-state index is -0.712. The molecule has 1 atom stereocenters. The first kappa shape index (κ1) is 14.3. The van der Waals surface area contributed by atoms with Gasteiger partial charge in [-0.25, -0.2) is 0 Å². The Morgan fingerprint density at radius 2 is 1.83 bits per heavy atom. The molecule has 0 saturated carbocycles. The van der Waals surface area contributed by atoms with Gasteiger partial charge in [0.1, 0.15) is 17.5 Å². The van der Waals surface area contributed by atoms with E-state index in [1.165, 1.54) is 7.11 Å². The molecule has 0 aromatic heterocycles. The summed E-state index contributed by atoms with van der Waals surface area (Å²) in [5, 5.41) is 0. The fraction of sp³-hybridized carbons (Fsp3) is 0.462. The Morgan fingerprint density at radius 1 is 1.22 bits per heavy atom. The largest absolute Gasteiger partial charge is 0.496 e. The first-order chi connectivity index (χ1) is 8.53. The maximum absolute atomic E-state index is 11.3. The lowest BCUT2D eigenvalue weighted by Crippen LogP contribution is -2.33. The van der Waals surface area contributed by atoms with Crippen LogP contribution in [-0.4, -0.2) is 33.3 Å². The molecule has 2 N–H and O–H groups in total. The van der Waals surface area contributed by atoms with Crippen molar-refractivity contribution >= 4 is 5.97 Å². The van der Waals surface area contributed by atoms with Crippen molar-refractivity contribution < 1.29 is 19.0 Å². The van der Waals surface area contributed by atoms with Gasteiger partial charge in [0.2, 0.25) is 0 Å². The third-order valence-electron chi connectivity index (χ3n) is 2.74.